The first-order valence-electron chi connectivity index (χ1n) is 6.16. The van der Waals surface area contributed by atoms with E-state index in [0.717, 1.165) is 0 Å². The van der Waals surface area contributed by atoms with Gasteiger partial charge < -0.3 is 15.2 Å². The van der Waals surface area contributed by atoms with Gasteiger partial charge in [-0.2, -0.15) is 0 Å². The second-order valence-electron chi connectivity index (χ2n) is 5.30. The van der Waals surface area contributed by atoms with E-state index >= 15 is 0 Å². The molecule has 1 atom stereocenters. The first kappa shape index (κ1) is 14.9. The predicted molar refractivity (Wildman–Crippen MR) is 66.2 cm³/mol. The van der Waals surface area contributed by atoms with Crippen LogP contribution in [0.2, 0.25) is 0 Å². The quantitative estimate of drug-likeness (QED) is 0.556. The van der Waals surface area contributed by atoms with Crippen molar-refractivity contribution >= 4 is 11.9 Å². The highest BCUT2D eigenvalue weighted by Crippen LogP contribution is 2.19. The number of nitrogens with one attached hydrogen (secondary N) is 2. The van der Waals surface area contributed by atoms with Gasteiger partial charge in [0.25, 0.3) is 0 Å². The number of esters is 1. The third-order valence-electron chi connectivity index (χ3n) is 3.09. The Kier molecular flexibility index (Phi) is 5.10. The number of carboxylic acids is 1. The van der Waals surface area contributed by atoms with Crippen LogP contribution in [0.4, 0.5) is 0 Å². The normalized spacial score (nSPS) is 19.1. The molecule has 0 saturated carbocycles. The van der Waals surface area contributed by atoms with Gasteiger partial charge in [-0.25, -0.2) is 0 Å². The van der Waals surface area contributed by atoms with E-state index < -0.39 is 17.6 Å². The van der Waals surface area contributed by atoms with Crippen molar-refractivity contribution in [2.24, 2.45) is 5.92 Å². The van der Waals surface area contributed by atoms with Gasteiger partial charge in [0.2, 0.25) is 0 Å². The molecule has 1 heterocycles. The number of rotatable bonds is 7. The van der Waals surface area contributed by atoms with Crippen molar-refractivity contribution in [2.45, 2.75) is 38.3 Å². The smallest absolute Gasteiger partial charge is 0.322 e. The minimum absolute atomic E-state index is 0.00555. The summed E-state index contributed by atoms with van der Waals surface area (Å²) < 4.78 is 4.76. The molecular weight excluding hydrogens is 236 g/mol. The Morgan fingerprint density at radius 1 is 1.44 bits per heavy atom. The van der Waals surface area contributed by atoms with E-state index in [4.69, 9.17) is 9.84 Å². The van der Waals surface area contributed by atoms with Gasteiger partial charge in [0.1, 0.15) is 6.04 Å². The van der Waals surface area contributed by atoms with Gasteiger partial charge in [-0.3, -0.25) is 14.9 Å². The number of carboxylic acid groups (broad SMARTS) is 1. The van der Waals surface area contributed by atoms with Crippen LogP contribution in [-0.4, -0.2) is 48.8 Å². The Balaban J connectivity index is 2.68. The Bertz CT molecular complexity index is 313. The number of methoxy groups -OCH3 is 1. The van der Waals surface area contributed by atoms with Gasteiger partial charge in [-0.05, 0) is 12.3 Å². The monoisotopic (exact) mass is 258 g/mol. The second kappa shape index (κ2) is 6.15. The van der Waals surface area contributed by atoms with Crippen LogP contribution in [0.3, 0.4) is 0 Å². The molecule has 1 rings (SSSR count). The van der Waals surface area contributed by atoms with Crippen molar-refractivity contribution in [1.82, 2.24) is 10.6 Å². The summed E-state index contributed by atoms with van der Waals surface area (Å²) in [6.07, 6.45) is 0.639. The summed E-state index contributed by atoms with van der Waals surface area (Å²) in [4.78, 5) is 22.6. The summed E-state index contributed by atoms with van der Waals surface area (Å²) in [6, 6.07) is -0.448. The molecule has 0 bridgehead atoms. The lowest BCUT2D eigenvalue weighted by molar-refractivity contribution is -0.146. The zero-order valence-electron chi connectivity index (χ0n) is 11.2. The maximum atomic E-state index is 11.7. The Morgan fingerprint density at radius 3 is 2.39 bits per heavy atom. The maximum absolute atomic E-state index is 11.7. The number of aliphatic carboxylic acids is 1. The summed E-state index contributed by atoms with van der Waals surface area (Å²) in [5.74, 6) is -0.867. The standard InChI is InChI=1S/C12H22N2O4/c1-8(2)4-9(11(17)18-3)14-12(5-10(15)16)6-13-7-12/h8-9,13-14H,4-7H2,1-3H3,(H,15,16). The molecular formula is C12H22N2O4. The molecule has 0 aromatic carbocycles. The molecule has 18 heavy (non-hydrogen) atoms. The minimum Gasteiger partial charge on any atom is -0.481 e. The van der Waals surface area contributed by atoms with Gasteiger partial charge >= 0.3 is 11.9 Å². The van der Waals surface area contributed by atoms with Crippen LogP contribution in [0.25, 0.3) is 0 Å². The van der Waals surface area contributed by atoms with Crippen LogP contribution in [0.1, 0.15) is 26.7 Å². The number of carbonyl (C=O) groups is 2. The van der Waals surface area contributed by atoms with Crippen molar-refractivity contribution in [1.29, 1.82) is 0 Å². The molecule has 6 heteroatoms. The molecule has 1 fully saturated rings. The van der Waals surface area contributed by atoms with Crippen molar-refractivity contribution in [3.05, 3.63) is 0 Å². The van der Waals surface area contributed by atoms with E-state index in [1.165, 1.54) is 7.11 Å². The van der Waals surface area contributed by atoms with Crippen molar-refractivity contribution in [3.8, 4) is 0 Å². The summed E-state index contributed by atoms with van der Waals surface area (Å²) in [6.45, 7) is 5.15. The number of ether oxygens (including phenoxy) is 1. The predicted octanol–water partition coefficient (Wildman–Crippen LogP) is -0.0196. The molecule has 6 nitrogen and oxygen atoms in total. The number of hydrogen-bond acceptors (Lipinski definition) is 5. The summed E-state index contributed by atoms with van der Waals surface area (Å²) in [7, 11) is 1.35. The van der Waals surface area contributed by atoms with Gasteiger partial charge in [-0.1, -0.05) is 13.8 Å². The van der Waals surface area contributed by atoms with Crippen LogP contribution in [0.5, 0.6) is 0 Å². The summed E-state index contributed by atoms with van der Waals surface area (Å²) >= 11 is 0. The van der Waals surface area contributed by atoms with Crippen LogP contribution in [-0.2, 0) is 14.3 Å². The maximum Gasteiger partial charge on any atom is 0.322 e. The Labute approximate surface area is 107 Å². The molecule has 0 aromatic heterocycles. The van der Waals surface area contributed by atoms with E-state index in [1.807, 2.05) is 13.8 Å². The SMILES string of the molecule is COC(=O)C(CC(C)C)NC1(CC(=O)O)CNC1. The molecule has 0 aromatic rings. The van der Waals surface area contributed by atoms with E-state index in [0.29, 0.717) is 25.4 Å². The third kappa shape index (κ3) is 3.96. The highest BCUT2D eigenvalue weighted by Gasteiger charge is 2.42. The lowest BCUT2D eigenvalue weighted by Gasteiger charge is -2.44. The molecule has 104 valence electrons. The Morgan fingerprint density at radius 2 is 2.06 bits per heavy atom. The highest BCUT2D eigenvalue weighted by molar-refractivity contribution is 5.76. The summed E-state index contributed by atoms with van der Waals surface area (Å²) in [5, 5.41) is 15.1. The first-order chi connectivity index (χ1) is 8.38. The second-order valence-corrected chi connectivity index (χ2v) is 5.30. The lowest BCUT2D eigenvalue weighted by Crippen LogP contribution is -2.71. The molecule has 0 spiro atoms. The zero-order valence-corrected chi connectivity index (χ0v) is 11.2. The molecule has 1 saturated heterocycles. The van der Waals surface area contributed by atoms with Crippen LogP contribution in [0.15, 0.2) is 0 Å². The van der Waals surface area contributed by atoms with Gasteiger partial charge in [0.15, 0.2) is 0 Å². The molecule has 1 aliphatic rings. The molecule has 3 N–H and O–H groups in total. The van der Waals surface area contributed by atoms with Gasteiger partial charge in [0.05, 0.1) is 19.1 Å². The fraction of sp³-hybridized carbons (Fsp3) is 0.833. The third-order valence-corrected chi connectivity index (χ3v) is 3.09. The van der Waals surface area contributed by atoms with Gasteiger partial charge in [0, 0.05) is 13.1 Å². The van der Waals surface area contributed by atoms with Crippen LogP contribution in [0, 0.1) is 5.92 Å². The Hall–Kier alpha value is -1.14. The largest absolute Gasteiger partial charge is 0.481 e. The van der Waals surface area contributed by atoms with Crippen molar-refractivity contribution in [3.63, 3.8) is 0 Å². The number of hydrogen-bond donors (Lipinski definition) is 3. The molecule has 0 aliphatic carbocycles. The lowest BCUT2D eigenvalue weighted by atomic mass is 9.86. The molecule has 1 unspecified atom stereocenters. The van der Waals surface area contributed by atoms with Crippen LogP contribution >= 0.6 is 0 Å². The molecule has 1 aliphatic heterocycles. The van der Waals surface area contributed by atoms with E-state index in [2.05, 4.69) is 10.6 Å². The zero-order chi connectivity index (χ0) is 13.8. The first-order valence-corrected chi connectivity index (χ1v) is 6.16. The molecule has 0 radical (unpaired) electrons. The number of carbonyl (C=O) groups excluding carboxylic acids is 1. The van der Waals surface area contributed by atoms with Gasteiger partial charge in [-0.15, -0.1) is 0 Å². The average molecular weight is 258 g/mol. The average Bonchev–Trinajstić information content (AvgIpc) is 2.22. The highest BCUT2D eigenvalue weighted by atomic mass is 16.5. The topological polar surface area (TPSA) is 87.7 Å². The van der Waals surface area contributed by atoms with E-state index in [1.54, 1.807) is 0 Å². The van der Waals surface area contributed by atoms with Crippen molar-refractivity contribution in [2.75, 3.05) is 20.2 Å². The fourth-order valence-electron chi connectivity index (χ4n) is 2.19. The fourth-order valence-corrected chi connectivity index (χ4v) is 2.19. The molecule has 0 amide bonds. The summed E-state index contributed by atoms with van der Waals surface area (Å²) in [5.41, 5.74) is -0.528. The minimum atomic E-state index is -0.864. The van der Waals surface area contributed by atoms with Crippen molar-refractivity contribution < 1.29 is 19.4 Å². The van der Waals surface area contributed by atoms with E-state index in [-0.39, 0.29) is 12.4 Å². The van der Waals surface area contributed by atoms with Crippen LogP contribution < -0.4 is 10.6 Å². The van der Waals surface area contributed by atoms with E-state index in [9.17, 15) is 9.59 Å².